The summed E-state index contributed by atoms with van der Waals surface area (Å²) in [7, 11) is 0. The first-order valence-electron chi connectivity index (χ1n) is 18.3. The van der Waals surface area contributed by atoms with Gasteiger partial charge in [-0.25, -0.2) is 4.98 Å². The Bertz CT molecular complexity index is 2590. The summed E-state index contributed by atoms with van der Waals surface area (Å²) >= 11 is 0. The lowest BCUT2D eigenvalue weighted by Gasteiger charge is -2.25. The van der Waals surface area contributed by atoms with E-state index in [0.29, 0.717) is 0 Å². The molecule has 0 amide bonds. The van der Waals surface area contributed by atoms with Crippen molar-refractivity contribution < 1.29 is 0 Å². The highest BCUT2D eigenvalue weighted by atomic mass is 15.1. The monoisotopic (exact) mass is 658 g/mol. The van der Waals surface area contributed by atoms with Crippen molar-refractivity contribution in [2.75, 3.05) is 0 Å². The van der Waals surface area contributed by atoms with Crippen molar-refractivity contribution in [1.82, 2.24) is 9.55 Å². The van der Waals surface area contributed by atoms with Crippen LogP contribution in [0, 0.1) is 0 Å². The summed E-state index contributed by atoms with van der Waals surface area (Å²) in [5.41, 5.74) is 13.7. The van der Waals surface area contributed by atoms with Crippen LogP contribution in [0.3, 0.4) is 0 Å². The standard InChI is InChI=1S/C49H42N2/c1-49(2,3)38-26-28-41-43(32-38)47(34-18-10-5-11-19-34)40-27-24-36(30-42(40)46(41)33-16-8-4-9-17-33)37-25-29-45-44(31-37)50-48(35-20-12-6-13-21-35)51(45)39-22-14-7-15-23-39/h4-8,10,12-16,18,20-32H,9,11,17,19H2,1-3H3. The van der Waals surface area contributed by atoms with Crippen molar-refractivity contribution in [3.63, 3.8) is 0 Å². The van der Waals surface area contributed by atoms with Crippen LogP contribution in [0.1, 0.15) is 63.1 Å². The van der Waals surface area contributed by atoms with Crippen LogP contribution in [-0.2, 0) is 5.41 Å². The first kappa shape index (κ1) is 31.3. The van der Waals surface area contributed by atoms with Gasteiger partial charge < -0.3 is 0 Å². The zero-order valence-electron chi connectivity index (χ0n) is 29.7. The second-order valence-electron chi connectivity index (χ2n) is 15.0. The van der Waals surface area contributed by atoms with Crippen molar-refractivity contribution in [3.05, 3.63) is 168 Å². The molecular weight excluding hydrogens is 617 g/mol. The van der Waals surface area contributed by atoms with E-state index in [-0.39, 0.29) is 5.41 Å². The third kappa shape index (κ3) is 5.56. The highest BCUT2D eigenvalue weighted by Gasteiger charge is 2.23. The van der Waals surface area contributed by atoms with E-state index in [1.54, 1.807) is 0 Å². The molecule has 2 aliphatic carbocycles. The summed E-state index contributed by atoms with van der Waals surface area (Å²) in [4.78, 5) is 5.28. The molecular formula is C49H42N2. The maximum absolute atomic E-state index is 5.28. The topological polar surface area (TPSA) is 17.8 Å². The molecule has 0 fully saturated rings. The molecule has 9 rings (SSSR count). The Balaban J connectivity index is 1.30. The van der Waals surface area contributed by atoms with Gasteiger partial charge in [0.05, 0.1) is 11.0 Å². The second kappa shape index (κ2) is 12.5. The van der Waals surface area contributed by atoms with E-state index in [1.807, 2.05) is 0 Å². The molecule has 0 aliphatic heterocycles. The number of aromatic nitrogens is 2. The van der Waals surface area contributed by atoms with E-state index < -0.39 is 0 Å². The van der Waals surface area contributed by atoms with Gasteiger partial charge in [-0.1, -0.05) is 136 Å². The quantitative estimate of drug-likeness (QED) is 0.168. The maximum Gasteiger partial charge on any atom is 0.145 e. The molecule has 2 heteroatoms. The average molecular weight is 659 g/mol. The Morgan fingerprint density at radius 2 is 1.14 bits per heavy atom. The van der Waals surface area contributed by atoms with Gasteiger partial charge in [-0.05, 0) is 128 Å². The van der Waals surface area contributed by atoms with Crippen LogP contribution in [0.4, 0.5) is 0 Å². The Labute approximate surface area is 300 Å². The summed E-state index contributed by atoms with van der Waals surface area (Å²) in [5.74, 6) is 0.951. The fourth-order valence-electron chi connectivity index (χ4n) is 8.07. The molecule has 0 spiro atoms. The molecule has 51 heavy (non-hydrogen) atoms. The van der Waals surface area contributed by atoms with Crippen LogP contribution < -0.4 is 0 Å². The number of allylic oxidation sites excluding steroid dienone is 8. The lowest BCUT2D eigenvalue weighted by molar-refractivity contribution is 0.591. The van der Waals surface area contributed by atoms with Gasteiger partial charge in [-0.2, -0.15) is 0 Å². The van der Waals surface area contributed by atoms with Gasteiger partial charge >= 0.3 is 0 Å². The van der Waals surface area contributed by atoms with Crippen LogP contribution in [-0.4, -0.2) is 9.55 Å². The Kier molecular flexibility index (Phi) is 7.69. The number of hydrogen-bond donors (Lipinski definition) is 0. The molecule has 0 saturated heterocycles. The summed E-state index contributed by atoms with van der Waals surface area (Å²) in [6.45, 7) is 6.96. The number of hydrogen-bond acceptors (Lipinski definition) is 1. The molecule has 0 N–H and O–H groups in total. The lowest BCUT2D eigenvalue weighted by atomic mass is 9.79. The van der Waals surface area contributed by atoms with E-state index in [0.717, 1.165) is 53.8 Å². The van der Waals surface area contributed by atoms with Gasteiger partial charge in [0.15, 0.2) is 0 Å². The third-order valence-electron chi connectivity index (χ3n) is 10.7. The summed E-state index contributed by atoms with van der Waals surface area (Å²) in [6.07, 6.45) is 18.0. The molecule has 0 saturated carbocycles. The number of para-hydroxylation sites is 1. The predicted molar refractivity (Wildman–Crippen MR) is 218 cm³/mol. The van der Waals surface area contributed by atoms with Crippen LogP contribution in [0.2, 0.25) is 0 Å². The van der Waals surface area contributed by atoms with Crippen LogP contribution in [0.25, 0.3) is 71.9 Å². The minimum absolute atomic E-state index is 0.0602. The molecule has 248 valence electrons. The molecule has 2 aliphatic rings. The molecule has 0 atom stereocenters. The number of nitrogens with zero attached hydrogens (tertiary/aromatic N) is 2. The van der Waals surface area contributed by atoms with Crippen molar-refractivity contribution in [2.24, 2.45) is 0 Å². The van der Waals surface area contributed by atoms with Gasteiger partial charge in [0.25, 0.3) is 0 Å². The SMILES string of the molecule is CC(C)(C)c1ccc2c(C3=CC=CCC3)c3cc(-c4ccc5c(c4)nc(-c4ccccc4)n5-c4ccccc4)ccc3c(C3=CC=CCC3)c2c1. The van der Waals surface area contributed by atoms with Crippen molar-refractivity contribution in [1.29, 1.82) is 0 Å². The average Bonchev–Trinajstić information content (AvgIpc) is 3.56. The van der Waals surface area contributed by atoms with Crippen LogP contribution in [0.15, 0.2) is 152 Å². The van der Waals surface area contributed by atoms with Gasteiger partial charge in [0, 0.05) is 11.3 Å². The first-order valence-corrected chi connectivity index (χ1v) is 18.3. The third-order valence-corrected chi connectivity index (χ3v) is 10.7. The highest BCUT2D eigenvalue weighted by molar-refractivity contribution is 6.17. The van der Waals surface area contributed by atoms with E-state index in [9.17, 15) is 0 Å². The molecule has 1 aromatic heterocycles. The van der Waals surface area contributed by atoms with Crippen molar-refractivity contribution in [3.8, 4) is 28.2 Å². The zero-order valence-corrected chi connectivity index (χ0v) is 29.7. The fourth-order valence-corrected chi connectivity index (χ4v) is 8.07. The Morgan fingerprint density at radius 3 is 1.76 bits per heavy atom. The second-order valence-corrected chi connectivity index (χ2v) is 15.0. The highest BCUT2D eigenvalue weighted by Crippen LogP contribution is 2.45. The number of rotatable bonds is 5. The maximum atomic E-state index is 5.28. The van der Waals surface area contributed by atoms with E-state index in [4.69, 9.17) is 4.98 Å². The lowest BCUT2D eigenvalue weighted by Crippen LogP contribution is -2.11. The number of imidazole rings is 1. The summed E-state index contributed by atoms with van der Waals surface area (Å²) < 4.78 is 2.28. The molecule has 0 unspecified atom stereocenters. The van der Waals surface area contributed by atoms with Crippen LogP contribution in [0.5, 0.6) is 0 Å². The van der Waals surface area contributed by atoms with Crippen LogP contribution >= 0.6 is 0 Å². The Morgan fingerprint density at radius 1 is 0.549 bits per heavy atom. The van der Waals surface area contributed by atoms with E-state index in [2.05, 4.69) is 177 Å². The van der Waals surface area contributed by atoms with Gasteiger partial charge in [0.1, 0.15) is 5.82 Å². The van der Waals surface area contributed by atoms with Crippen molar-refractivity contribution in [2.45, 2.75) is 51.9 Å². The molecule has 0 radical (unpaired) electrons. The summed E-state index contributed by atoms with van der Waals surface area (Å²) in [5, 5.41) is 5.39. The molecule has 1 heterocycles. The minimum Gasteiger partial charge on any atom is -0.292 e. The number of benzene rings is 6. The molecule has 2 nitrogen and oxygen atoms in total. The van der Waals surface area contributed by atoms with E-state index in [1.165, 1.54) is 60.5 Å². The minimum atomic E-state index is 0.0602. The molecule has 0 bridgehead atoms. The predicted octanol–water partition coefficient (Wildman–Crippen LogP) is 13.4. The molecule has 7 aromatic rings. The summed E-state index contributed by atoms with van der Waals surface area (Å²) in [6, 6.07) is 42.3. The fraction of sp³-hybridized carbons (Fsp3) is 0.163. The first-order chi connectivity index (χ1) is 24.9. The number of fused-ring (bicyclic) bond motifs is 3. The van der Waals surface area contributed by atoms with Gasteiger partial charge in [-0.3, -0.25) is 4.57 Å². The zero-order chi connectivity index (χ0) is 34.5. The van der Waals surface area contributed by atoms with Gasteiger partial charge in [-0.15, -0.1) is 0 Å². The largest absolute Gasteiger partial charge is 0.292 e. The van der Waals surface area contributed by atoms with Crippen molar-refractivity contribution >= 4 is 43.7 Å². The van der Waals surface area contributed by atoms with Gasteiger partial charge in [0.2, 0.25) is 0 Å². The Hall–Kier alpha value is -5.73. The smallest absolute Gasteiger partial charge is 0.145 e. The van der Waals surface area contributed by atoms with E-state index >= 15 is 0 Å². The normalized spacial score (nSPS) is 14.7. The molecule has 6 aromatic carbocycles.